The molecule has 0 saturated carbocycles. The van der Waals surface area contributed by atoms with Crippen LogP contribution in [0.4, 0.5) is 20.2 Å². The van der Waals surface area contributed by atoms with Gasteiger partial charge in [-0.25, -0.2) is 18.7 Å². The number of ether oxygens (including phenoxy) is 1. The lowest BCUT2D eigenvalue weighted by atomic mass is 10.1. The van der Waals surface area contributed by atoms with Crippen molar-refractivity contribution in [3.8, 4) is 17.0 Å². The van der Waals surface area contributed by atoms with E-state index in [1.54, 1.807) is 6.07 Å². The van der Waals surface area contributed by atoms with Gasteiger partial charge in [-0.05, 0) is 43.7 Å². The third-order valence-electron chi connectivity index (χ3n) is 6.38. The first-order chi connectivity index (χ1) is 16.5. The summed E-state index contributed by atoms with van der Waals surface area (Å²) < 4.78 is 35.2. The maximum Gasteiger partial charge on any atom is 0.178 e. The molecule has 2 aromatic carbocycles. The summed E-state index contributed by atoms with van der Waals surface area (Å²) in [5.41, 5.74) is 3.32. The second-order valence-corrected chi connectivity index (χ2v) is 9.00. The van der Waals surface area contributed by atoms with Gasteiger partial charge in [-0.2, -0.15) is 0 Å². The molecular formula is C26H29F2N5O. The van der Waals surface area contributed by atoms with Gasteiger partial charge in [-0.3, -0.25) is 0 Å². The molecule has 34 heavy (non-hydrogen) atoms. The molecule has 8 heteroatoms. The van der Waals surface area contributed by atoms with Gasteiger partial charge in [-0.15, -0.1) is 0 Å². The number of halogens is 2. The van der Waals surface area contributed by atoms with Crippen LogP contribution in [-0.4, -0.2) is 55.3 Å². The number of hydrogen-bond donors (Lipinski definition) is 1. The molecule has 5 rings (SSSR count). The molecule has 0 unspecified atom stereocenters. The van der Waals surface area contributed by atoms with Crippen molar-refractivity contribution in [2.45, 2.75) is 26.3 Å². The van der Waals surface area contributed by atoms with Crippen LogP contribution >= 0.6 is 0 Å². The van der Waals surface area contributed by atoms with Gasteiger partial charge in [0.05, 0.1) is 18.4 Å². The van der Waals surface area contributed by atoms with Crippen molar-refractivity contribution in [1.29, 1.82) is 0 Å². The monoisotopic (exact) mass is 465 g/mol. The minimum Gasteiger partial charge on any atom is -0.486 e. The van der Waals surface area contributed by atoms with Gasteiger partial charge in [0.1, 0.15) is 18.1 Å². The zero-order chi connectivity index (χ0) is 23.7. The zero-order valence-electron chi connectivity index (χ0n) is 19.5. The summed E-state index contributed by atoms with van der Waals surface area (Å²) in [6.45, 7) is 9.08. The number of benzene rings is 2. The lowest BCUT2D eigenvalue weighted by molar-refractivity contribution is 0.287. The molecule has 0 aliphatic carbocycles. The van der Waals surface area contributed by atoms with Crippen LogP contribution in [0.1, 0.15) is 25.2 Å². The number of fused-ring (bicyclic) bond motifs is 1. The third kappa shape index (κ3) is 4.55. The highest BCUT2D eigenvalue weighted by atomic mass is 19.1. The molecule has 0 radical (unpaired) electrons. The Bertz CT molecular complexity index is 1160. The SMILES string of the molecule is CC(C)N1CCOc2c(F)cc(-c3nc(Cc4ccc(N5CCNCC5)cc4)ncc3F)cc21. The van der Waals surface area contributed by atoms with Gasteiger partial charge in [0, 0.05) is 49.9 Å². The molecule has 2 aliphatic rings. The highest BCUT2D eigenvalue weighted by Gasteiger charge is 2.25. The molecule has 3 heterocycles. The Morgan fingerprint density at radius 1 is 1.03 bits per heavy atom. The molecule has 1 N–H and O–H groups in total. The zero-order valence-corrected chi connectivity index (χ0v) is 19.5. The largest absolute Gasteiger partial charge is 0.486 e. The fourth-order valence-corrected chi connectivity index (χ4v) is 4.60. The topological polar surface area (TPSA) is 53.5 Å². The van der Waals surface area contributed by atoms with Crippen molar-refractivity contribution < 1.29 is 13.5 Å². The van der Waals surface area contributed by atoms with Crippen molar-refractivity contribution in [2.75, 3.05) is 49.1 Å². The number of aromatic nitrogens is 2. The van der Waals surface area contributed by atoms with Crippen LogP contribution in [0.25, 0.3) is 11.3 Å². The van der Waals surface area contributed by atoms with Gasteiger partial charge < -0.3 is 19.9 Å². The lowest BCUT2D eigenvalue weighted by Crippen LogP contribution is -2.43. The van der Waals surface area contributed by atoms with E-state index in [1.807, 2.05) is 13.8 Å². The molecular weight excluding hydrogens is 436 g/mol. The van der Waals surface area contributed by atoms with E-state index < -0.39 is 11.6 Å². The van der Waals surface area contributed by atoms with E-state index in [9.17, 15) is 8.78 Å². The predicted molar refractivity (Wildman–Crippen MR) is 130 cm³/mol. The average Bonchev–Trinajstić information content (AvgIpc) is 2.86. The van der Waals surface area contributed by atoms with E-state index in [0.29, 0.717) is 36.6 Å². The number of rotatable bonds is 5. The van der Waals surface area contributed by atoms with Crippen molar-refractivity contribution >= 4 is 11.4 Å². The minimum atomic E-state index is -0.579. The second-order valence-electron chi connectivity index (χ2n) is 9.00. The van der Waals surface area contributed by atoms with Crippen LogP contribution in [0.3, 0.4) is 0 Å². The van der Waals surface area contributed by atoms with E-state index in [1.165, 1.54) is 18.0 Å². The van der Waals surface area contributed by atoms with Crippen molar-refractivity contribution in [3.05, 3.63) is 65.6 Å². The first-order valence-corrected chi connectivity index (χ1v) is 11.8. The molecule has 178 valence electrons. The standard InChI is InChI=1S/C26H29F2N5O/c1-17(2)33-11-12-34-26-21(27)14-19(15-23(26)33)25-22(28)16-30-24(31-25)13-18-3-5-20(6-4-18)32-9-7-29-8-10-32/h3-6,14-17,29H,7-13H2,1-2H3. The van der Waals surface area contributed by atoms with Gasteiger partial charge >= 0.3 is 0 Å². The Morgan fingerprint density at radius 3 is 2.53 bits per heavy atom. The van der Waals surface area contributed by atoms with Gasteiger partial charge in [0.15, 0.2) is 17.4 Å². The third-order valence-corrected chi connectivity index (χ3v) is 6.38. The second kappa shape index (κ2) is 9.54. The molecule has 1 saturated heterocycles. The van der Waals surface area contributed by atoms with Gasteiger partial charge in [0.2, 0.25) is 0 Å². The highest BCUT2D eigenvalue weighted by Crippen LogP contribution is 2.39. The summed E-state index contributed by atoms with van der Waals surface area (Å²) in [4.78, 5) is 13.1. The van der Waals surface area contributed by atoms with Gasteiger partial charge in [0.25, 0.3) is 0 Å². The van der Waals surface area contributed by atoms with Crippen LogP contribution in [0.5, 0.6) is 5.75 Å². The molecule has 1 aromatic heterocycles. The van der Waals surface area contributed by atoms with E-state index in [0.717, 1.165) is 31.7 Å². The molecule has 3 aromatic rings. The normalized spacial score (nSPS) is 15.9. The summed E-state index contributed by atoms with van der Waals surface area (Å²) in [5.74, 6) is -0.393. The van der Waals surface area contributed by atoms with E-state index in [2.05, 4.69) is 49.4 Å². The van der Waals surface area contributed by atoms with E-state index in [-0.39, 0.29) is 17.5 Å². The van der Waals surface area contributed by atoms with Crippen molar-refractivity contribution in [2.24, 2.45) is 0 Å². The van der Waals surface area contributed by atoms with Crippen LogP contribution in [-0.2, 0) is 6.42 Å². The average molecular weight is 466 g/mol. The summed E-state index contributed by atoms with van der Waals surface area (Å²) in [6, 6.07) is 11.5. The maximum atomic E-state index is 14.9. The summed E-state index contributed by atoms with van der Waals surface area (Å²) >= 11 is 0. The van der Waals surface area contributed by atoms with Gasteiger partial charge in [-0.1, -0.05) is 12.1 Å². The van der Waals surface area contributed by atoms with Crippen molar-refractivity contribution in [3.63, 3.8) is 0 Å². The molecule has 2 aliphatic heterocycles. The minimum absolute atomic E-state index is 0.0958. The smallest absolute Gasteiger partial charge is 0.178 e. The quantitative estimate of drug-likeness (QED) is 0.614. The maximum absolute atomic E-state index is 14.9. The molecule has 0 amide bonds. The predicted octanol–water partition coefficient (Wildman–Crippen LogP) is 4.03. The Balaban J connectivity index is 1.41. The Labute approximate surface area is 198 Å². The summed E-state index contributed by atoms with van der Waals surface area (Å²) in [6.07, 6.45) is 1.63. The number of piperazine rings is 1. The molecule has 0 spiro atoms. The molecule has 0 bridgehead atoms. The molecule has 1 fully saturated rings. The summed E-state index contributed by atoms with van der Waals surface area (Å²) in [7, 11) is 0. The number of hydrogen-bond acceptors (Lipinski definition) is 6. The Hall–Kier alpha value is -3.26. The Kier molecular flexibility index (Phi) is 6.32. The fraction of sp³-hybridized carbons (Fsp3) is 0.385. The Morgan fingerprint density at radius 2 is 1.79 bits per heavy atom. The molecule has 6 nitrogen and oxygen atoms in total. The first-order valence-electron chi connectivity index (χ1n) is 11.8. The number of anilines is 2. The number of nitrogens with zero attached hydrogens (tertiary/aromatic N) is 4. The van der Waals surface area contributed by atoms with Crippen LogP contribution in [0.15, 0.2) is 42.6 Å². The first kappa shape index (κ1) is 22.5. The fourth-order valence-electron chi connectivity index (χ4n) is 4.60. The van der Waals surface area contributed by atoms with Crippen molar-refractivity contribution in [1.82, 2.24) is 15.3 Å². The summed E-state index contributed by atoms with van der Waals surface area (Å²) in [5, 5.41) is 3.36. The van der Waals surface area contributed by atoms with E-state index in [4.69, 9.17) is 4.74 Å². The van der Waals surface area contributed by atoms with Crippen LogP contribution in [0.2, 0.25) is 0 Å². The highest BCUT2D eigenvalue weighted by molar-refractivity contribution is 5.72. The van der Waals surface area contributed by atoms with Crippen LogP contribution in [0, 0.1) is 11.6 Å². The van der Waals surface area contributed by atoms with Crippen LogP contribution < -0.4 is 19.9 Å². The lowest BCUT2D eigenvalue weighted by Gasteiger charge is -2.34. The number of nitrogens with one attached hydrogen (secondary N) is 1. The molecule has 0 atom stereocenters. The van der Waals surface area contributed by atoms with E-state index >= 15 is 0 Å².